The van der Waals surface area contributed by atoms with E-state index in [-0.39, 0.29) is 90.9 Å². The van der Waals surface area contributed by atoms with Crippen LogP contribution < -0.4 is 23.7 Å². The van der Waals surface area contributed by atoms with Gasteiger partial charge in [-0.3, -0.25) is 9.59 Å². The Balaban J connectivity index is 1.23. The van der Waals surface area contributed by atoms with Crippen molar-refractivity contribution in [2.75, 3.05) is 7.11 Å². The van der Waals surface area contributed by atoms with Gasteiger partial charge in [-0.05, 0) is 58.7 Å². The number of esters is 2. The van der Waals surface area contributed by atoms with Crippen LogP contribution in [-0.4, -0.2) is 59.9 Å². The SMILES string of the molecule is COc1c(O)cc(/C=C/c2cc(O)cc3c2[C@@]2(C(=O)O3)c3c(O)cc(O)cc3O[C@@H]2c2ccc(O)cc2)c2c1OC(=O)[C@@]21c2c(O)cc(O)cc2O[C@@H]1c1ccc(O)cc1. The minimum atomic E-state index is -2.04. The second-order valence-electron chi connectivity index (χ2n) is 14.7. The number of phenolic OH excluding ortho intramolecular Hbond substituents is 8. The molecule has 0 fully saturated rings. The van der Waals surface area contributed by atoms with Gasteiger partial charge in [-0.15, -0.1) is 0 Å². The highest BCUT2D eigenvalue weighted by molar-refractivity contribution is 6.03. The Morgan fingerprint density at radius 3 is 1.47 bits per heavy atom. The number of carbonyl (C=O) groups is 2. The number of hydrogen-bond acceptors (Lipinski definition) is 15. The highest BCUT2D eigenvalue weighted by atomic mass is 16.6. The quantitative estimate of drug-likeness (QED) is 0.0550. The van der Waals surface area contributed by atoms with Gasteiger partial charge in [-0.25, -0.2) is 0 Å². The minimum absolute atomic E-state index is 0.0418. The fraction of sp³-hybridized carbons (Fsp3) is 0.111. The summed E-state index contributed by atoms with van der Waals surface area (Å²) in [6, 6.07) is 20.0. The van der Waals surface area contributed by atoms with E-state index in [1.165, 1.54) is 98.1 Å². The summed E-state index contributed by atoms with van der Waals surface area (Å²) in [7, 11) is 1.25. The zero-order chi connectivity index (χ0) is 42.0. The molecule has 2 spiro atoms. The first-order valence-corrected chi connectivity index (χ1v) is 18.3. The van der Waals surface area contributed by atoms with Crippen molar-refractivity contribution in [3.63, 3.8) is 0 Å². The van der Waals surface area contributed by atoms with Gasteiger partial charge < -0.3 is 64.5 Å². The number of rotatable bonds is 5. The van der Waals surface area contributed by atoms with Crippen LogP contribution in [0.3, 0.4) is 0 Å². The summed E-state index contributed by atoms with van der Waals surface area (Å²) in [6.45, 7) is 0. The number of carbonyl (C=O) groups excluding carboxylic acids is 2. The highest BCUT2D eigenvalue weighted by Gasteiger charge is 2.67. The smallest absolute Gasteiger partial charge is 0.331 e. The predicted octanol–water partition coefficient (Wildman–Crippen LogP) is 6.19. The third-order valence-electron chi connectivity index (χ3n) is 11.4. The lowest BCUT2D eigenvalue weighted by Crippen LogP contribution is -2.40. The molecule has 0 bridgehead atoms. The molecule has 60 heavy (non-hydrogen) atoms. The fourth-order valence-electron chi connectivity index (χ4n) is 9.18. The Morgan fingerprint density at radius 2 is 0.950 bits per heavy atom. The molecule has 15 nitrogen and oxygen atoms in total. The van der Waals surface area contributed by atoms with E-state index in [0.29, 0.717) is 11.1 Å². The molecule has 4 heterocycles. The first kappa shape index (κ1) is 36.2. The number of hydrogen-bond donors (Lipinski definition) is 8. The van der Waals surface area contributed by atoms with Crippen LogP contribution in [0.2, 0.25) is 0 Å². The number of phenols is 8. The maximum Gasteiger partial charge on any atom is 0.331 e. The first-order chi connectivity index (χ1) is 28.8. The number of fused-ring (bicyclic) bond motifs is 8. The van der Waals surface area contributed by atoms with E-state index in [9.17, 15) is 50.4 Å². The lowest BCUT2D eigenvalue weighted by atomic mass is 9.68. The molecule has 0 aliphatic carbocycles. The Bertz CT molecular complexity index is 2900. The maximum absolute atomic E-state index is 14.6. The van der Waals surface area contributed by atoms with Gasteiger partial charge in [0.2, 0.25) is 5.75 Å². The lowest BCUT2D eigenvalue weighted by molar-refractivity contribution is -0.139. The average molecular weight is 811 g/mol. The Hall–Kier alpha value is -8.20. The molecule has 8 N–H and O–H groups in total. The third-order valence-corrected chi connectivity index (χ3v) is 11.4. The molecule has 4 atom stereocenters. The molecule has 300 valence electrons. The average Bonchev–Trinajstić information content (AvgIpc) is 3.90. The van der Waals surface area contributed by atoms with Crippen LogP contribution in [0.15, 0.2) is 91.0 Å². The molecule has 4 aliphatic heterocycles. The van der Waals surface area contributed by atoms with Crippen molar-refractivity contribution in [1.29, 1.82) is 0 Å². The van der Waals surface area contributed by atoms with Gasteiger partial charge in [-0.2, -0.15) is 0 Å². The van der Waals surface area contributed by atoms with E-state index >= 15 is 0 Å². The fourth-order valence-corrected chi connectivity index (χ4v) is 9.18. The Morgan fingerprint density at radius 1 is 0.500 bits per heavy atom. The van der Waals surface area contributed by atoms with E-state index in [4.69, 9.17) is 23.7 Å². The second kappa shape index (κ2) is 12.4. The van der Waals surface area contributed by atoms with E-state index < -0.39 is 52.2 Å². The molecule has 10 rings (SSSR count). The maximum atomic E-state index is 14.6. The summed E-state index contributed by atoms with van der Waals surface area (Å²) in [5, 5.41) is 86.5. The Labute approximate surface area is 338 Å². The molecule has 0 unspecified atom stereocenters. The zero-order valence-corrected chi connectivity index (χ0v) is 30.9. The van der Waals surface area contributed by atoms with Crippen LogP contribution in [0.25, 0.3) is 12.2 Å². The van der Waals surface area contributed by atoms with Crippen molar-refractivity contribution >= 4 is 24.1 Å². The van der Waals surface area contributed by atoms with Crippen molar-refractivity contribution in [1.82, 2.24) is 0 Å². The van der Waals surface area contributed by atoms with Crippen molar-refractivity contribution in [2.45, 2.75) is 23.0 Å². The van der Waals surface area contributed by atoms with Crippen LogP contribution in [-0.2, 0) is 20.4 Å². The third kappa shape index (κ3) is 4.70. The molecule has 6 aromatic carbocycles. The molecule has 0 amide bonds. The predicted molar refractivity (Wildman–Crippen MR) is 207 cm³/mol. The van der Waals surface area contributed by atoms with Gasteiger partial charge in [0.1, 0.15) is 69.7 Å². The number of ether oxygens (including phenoxy) is 5. The zero-order valence-electron chi connectivity index (χ0n) is 30.9. The number of aromatic hydroxyl groups is 8. The topological polar surface area (TPSA) is 242 Å². The molecule has 0 aromatic heterocycles. The van der Waals surface area contributed by atoms with Gasteiger partial charge >= 0.3 is 11.9 Å². The standard InChI is InChI=1S/C45H30O15/c1-56-38-30(53)13-22(35-39(38)60-43(55)45(35)37-29(52)15-27(50)18-33(37)58-41(45)20-6-10-24(47)11-7-20)3-2-21-12-25(48)16-31-34(21)44(42(54)59-31)36-28(51)14-26(49)17-32(36)57-40(44)19-4-8-23(46)9-5-19/h2-18,40-41,46-53H,1H3/b3-2+/t40-,41-,44-,45-/m1/s1. The summed E-state index contributed by atoms with van der Waals surface area (Å²) in [6.07, 6.45) is 0.367. The molecular formula is C45H30O15. The summed E-state index contributed by atoms with van der Waals surface area (Å²) in [4.78, 5) is 29.1. The van der Waals surface area contributed by atoms with Gasteiger partial charge in [0.05, 0.1) is 18.2 Å². The van der Waals surface area contributed by atoms with Crippen LogP contribution >= 0.6 is 0 Å². The summed E-state index contributed by atoms with van der Waals surface area (Å²) >= 11 is 0. The summed E-state index contributed by atoms with van der Waals surface area (Å²) < 4.78 is 30.0. The molecular weight excluding hydrogens is 780 g/mol. The minimum Gasteiger partial charge on any atom is -0.508 e. The number of benzene rings is 6. The molecule has 0 saturated heterocycles. The summed E-state index contributed by atoms with van der Waals surface area (Å²) in [5.41, 5.74) is -3.00. The first-order valence-electron chi connectivity index (χ1n) is 18.3. The van der Waals surface area contributed by atoms with Crippen molar-refractivity contribution in [2.24, 2.45) is 0 Å². The van der Waals surface area contributed by atoms with Crippen LogP contribution in [0.4, 0.5) is 0 Å². The van der Waals surface area contributed by atoms with Crippen molar-refractivity contribution < 1.29 is 74.1 Å². The molecule has 6 aromatic rings. The van der Waals surface area contributed by atoms with E-state index in [1.54, 1.807) is 0 Å². The molecule has 4 aliphatic rings. The largest absolute Gasteiger partial charge is 0.508 e. The van der Waals surface area contributed by atoms with Crippen LogP contribution in [0.1, 0.15) is 56.7 Å². The van der Waals surface area contributed by atoms with Crippen LogP contribution in [0, 0.1) is 0 Å². The van der Waals surface area contributed by atoms with E-state index in [2.05, 4.69) is 0 Å². The molecule has 15 heteroatoms. The Kier molecular flexibility index (Phi) is 7.47. The van der Waals surface area contributed by atoms with Gasteiger partial charge in [-0.1, -0.05) is 36.4 Å². The molecule has 0 saturated carbocycles. The number of methoxy groups -OCH3 is 1. The lowest BCUT2D eigenvalue weighted by Gasteiger charge is -2.29. The second-order valence-corrected chi connectivity index (χ2v) is 14.7. The van der Waals surface area contributed by atoms with Gasteiger partial charge in [0.25, 0.3) is 0 Å². The van der Waals surface area contributed by atoms with Crippen LogP contribution in [0.5, 0.6) is 74.7 Å². The van der Waals surface area contributed by atoms with Gasteiger partial charge in [0.15, 0.2) is 22.3 Å². The van der Waals surface area contributed by atoms with Crippen molar-refractivity contribution in [3.8, 4) is 74.7 Å². The highest BCUT2D eigenvalue weighted by Crippen LogP contribution is 2.67. The normalized spacial score (nSPS) is 21.6. The molecule has 0 radical (unpaired) electrons. The van der Waals surface area contributed by atoms with Gasteiger partial charge in [0, 0.05) is 41.5 Å². The monoisotopic (exact) mass is 810 g/mol. The van der Waals surface area contributed by atoms with Crippen molar-refractivity contribution in [3.05, 3.63) is 136 Å². The summed E-state index contributed by atoms with van der Waals surface area (Å²) in [5.74, 6) is -5.17. The van der Waals surface area contributed by atoms with E-state index in [1.807, 2.05) is 0 Å². The van der Waals surface area contributed by atoms with E-state index in [0.717, 1.165) is 12.1 Å².